The minimum Gasteiger partial charge on any atom is -0.439 e. The molecule has 0 N–H and O–H groups in total. The molecule has 2 fully saturated rings. The third-order valence-corrected chi connectivity index (χ3v) is 4.93. The Labute approximate surface area is 142 Å². The quantitative estimate of drug-likeness (QED) is 0.855. The fourth-order valence-corrected chi connectivity index (χ4v) is 3.47. The summed E-state index contributed by atoms with van der Waals surface area (Å²) in [4.78, 5) is 19.0. The third-order valence-electron chi connectivity index (χ3n) is 4.93. The number of amides is 1. The van der Waals surface area contributed by atoms with Crippen LogP contribution in [0.25, 0.3) is 0 Å². The number of carbonyl (C=O) groups excluding carboxylic acids is 1. The van der Waals surface area contributed by atoms with E-state index in [1.165, 1.54) is 6.42 Å². The van der Waals surface area contributed by atoms with Crippen LogP contribution >= 0.6 is 0 Å². The molecule has 1 saturated carbocycles. The summed E-state index contributed by atoms with van der Waals surface area (Å²) >= 11 is 0. The number of pyridine rings is 1. The van der Waals surface area contributed by atoms with Gasteiger partial charge in [-0.3, -0.25) is 4.79 Å². The van der Waals surface area contributed by atoms with Crippen molar-refractivity contribution in [1.29, 1.82) is 0 Å². The van der Waals surface area contributed by atoms with Gasteiger partial charge in [0.25, 0.3) is 0 Å². The fraction of sp³-hybridized carbons (Fsp3) is 0.400. The van der Waals surface area contributed by atoms with Crippen LogP contribution in [0.2, 0.25) is 0 Å². The summed E-state index contributed by atoms with van der Waals surface area (Å²) in [5.74, 6) is 2.19. The largest absolute Gasteiger partial charge is 0.439 e. The molecule has 2 aromatic rings. The lowest BCUT2D eigenvalue weighted by atomic mass is 10.1. The van der Waals surface area contributed by atoms with Crippen LogP contribution in [-0.2, 0) is 4.79 Å². The van der Waals surface area contributed by atoms with Gasteiger partial charge in [0.15, 0.2) is 0 Å². The van der Waals surface area contributed by atoms with E-state index in [0.29, 0.717) is 17.7 Å². The first-order chi connectivity index (χ1) is 11.8. The number of para-hydroxylation sites is 1. The Kier molecular flexibility index (Phi) is 4.20. The Morgan fingerprint density at radius 3 is 2.54 bits per heavy atom. The highest BCUT2D eigenvalue weighted by Crippen LogP contribution is 2.48. The lowest BCUT2D eigenvalue weighted by Crippen LogP contribution is -2.36. The fourth-order valence-electron chi connectivity index (χ4n) is 3.47. The van der Waals surface area contributed by atoms with Gasteiger partial charge in [0, 0.05) is 31.3 Å². The summed E-state index contributed by atoms with van der Waals surface area (Å²) in [6.45, 7) is 1.87. The van der Waals surface area contributed by atoms with Gasteiger partial charge >= 0.3 is 0 Å². The molecule has 0 bridgehead atoms. The van der Waals surface area contributed by atoms with Crippen LogP contribution in [0, 0.1) is 5.92 Å². The van der Waals surface area contributed by atoms with E-state index in [-0.39, 0.29) is 5.92 Å². The van der Waals surface area contributed by atoms with Gasteiger partial charge in [-0.15, -0.1) is 0 Å². The maximum Gasteiger partial charge on any atom is 0.226 e. The molecule has 124 valence electrons. The van der Waals surface area contributed by atoms with E-state index in [0.717, 1.165) is 43.7 Å². The van der Waals surface area contributed by atoms with Gasteiger partial charge in [-0.05, 0) is 49.3 Å². The Bertz CT molecular complexity index is 693. The average Bonchev–Trinajstić information content (AvgIpc) is 3.44. The zero-order valence-corrected chi connectivity index (χ0v) is 13.7. The van der Waals surface area contributed by atoms with E-state index in [4.69, 9.17) is 4.74 Å². The molecular formula is C20H22N2O2. The molecule has 1 amide bonds. The number of hydrogen-bond acceptors (Lipinski definition) is 3. The van der Waals surface area contributed by atoms with Crippen molar-refractivity contribution in [3.05, 3.63) is 54.2 Å². The molecule has 1 aliphatic carbocycles. The van der Waals surface area contributed by atoms with Crippen molar-refractivity contribution in [2.45, 2.75) is 31.6 Å². The van der Waals surface area contributed by atoms with E-state index in [9.17, 15) is 4.79 Å². The third kappa shape index (κ3) is 3.28. The van der Waals surface area contributed by atoms with E-state index in [1.54, 1.807) is 0 Å². The molecule has 4 heteroatoms. The van der Waals surface area contributed by atoms with Gasteiger partial charge in [0.1, 0.15) is 5.75 Å². The van der Waals surface area contributed by atoms with Crippen LogP contribution in [0.4, 0.5) is 0 Å². The van der Waals surface area contributed by atoms with E-state index >= 15 is 0 Å². The summed E-state index contributed by atoms with van der Waals surface area (Å²) < 4.78 is 5.72. The predicted molar refractivity (Wildman–Crippen MR) is 92.0 cm³/mol. The first kappa shape index (κ1) is 15.2. The number of aromatic nitrogens is 1. The van der Waals surface area contributed by atoms with Crippen molar-refractivity contribution in [3.8, 4) is 11.6 Å². The number of rotatable bonds is 4. The second-order valence-electron chi connectivity index (χ2n) is 6.68. The van der Waals surface area contributed by atoms with Crippen LogP contribution in [0.1, 0.15) is 37.2 Å². The van der Waals surface area contributed by atoms with Gasteiger partial charge in [-0.25, -0.2) is 4.98 Å². The molecule has 4 rings (SSSR count). The van der Waals surface area contributed by atoms with Gasteiger partial charge in [0.05, 0.1) is 0 Å². The van der Waals surface area contributed by atoms with Crippen LogP contribution in [0.3, 0.4) is 0 Å². The van der Waals surface area contributed by atoms with Crippen LogP contribution in [-0.4, -0.2) is 28.9 Å². The highest BCUT2D eigenvalue weighted by molar-refractivity contribution is 5.83. The predicted octanol–water partition coefficient (Wildman–Crippen LogP) is 3.99. The zero-order chi connectivity index (χ0) is 16.4. The normalized spacial score (nSPS) is 22.9. The molecule has 24 heavy (non-hydrogen) atoms. The Hall–Kier alpha value is -2.36. The van der Waals surface area contributed by atoms with Crippen LogP contribution < -0.4 is 4.74 Å². The summed E-state index contributed by atoms with van der Waals surface area (Å²) in [5.41, 5.74) is 1.14. The average molecular weight is 322 g/mol. The first-order valence-corrected chi connectivity index (χ1v) is 8.79. The van der Waals surface area contributed by atoms with Gasteiger partial charge in [-0.1, -0.05) is 24.3 Å². The van der Waals surface area contributed by atoms with Gasteiger partial charge < -0.3 is 9.64 Å². The number of piperidine rings is 1. The molecule has 2 atom stereocenters. The van der Waals surface area contributed by atoms with Crippen molar-refractivity contribution in [2.24, 2.45) is 5.92 Å². The smallest absolute Gasteiger partial charge is 0.226 e. The topological polar surface area (TPSA) is 42.4 Å². The minimum absolute atomic E-state index is 0.158. The summed E-state index contributed by atoms with van der Waals surface area (Å²) in [6.07, 6.45) is 6.36. The number of carbonyl (C=O) groups is 1. The molecule has 2 unspecified atom stereocenters. The Morgan fingerprint density at radius 1 is 1.04 bits per heavy atom. The second kappa shape index (κ2) is 6.63. The zero-order valence-electron chi connectivity index (χ0n) is 13.7. The van der Waals surface area contributed by atoms with Crippen molar-refractivity contribution in [2.75, 3.05) is 13.1 Å². The molecule has 1 saturated heterocycles. The SMILES string of the molecule is O=C(C1CC1c1ccc(Oc2ccccc2)nc1)N1CCCCC1. The molecule has 0 radical (unpaired) electrons. The lowest BCUT2D eigenvalue weighted by Gasteiger charge is -2.26. The van der Waals surface area contributed by atoms with Crippen molar-refractivity contribution < 1.29 is 9.53 Å². The van der Waals surface area contributed by atoms with Crippen LogP contribution in [0.5, 0.6) is 11.6 Å². The number of nitrogens with zero attached hydrogens (tertiary/aromatic N) is 2. The molecule has 1 aromatic carbocycles. The highest BCUT2D eigenvalue weighted by Gasteiger charge is 2.45. The minimum atomic E-state index is 0.158. The Balaban J connectivity index is 1.37. The van der Waals surface area contributed by atoms with Gasteiger partial charge in [0.2, 0.25) is 11.8 Å². The molecule has 2 heterocycles. The van der Waals surface area contributed by atoms with Crippen molar-refractivity contribution in [3.63, 3.8) is 0 Å². The van der Waals surface area contributed by atoms with Crippen LogP contribution in [0.15, 0.2) is 48.7 Å². The number of likely N-dealkylation sites (tertiary alicyclic amines) is 1. The molecule has 0 spiro atoms. The van der Waals surface area contributed by atoms with Crippen molar-refractivity contribution in [1.82, 2.24) is 9.88 Å². The lowest BCUT2D eigenvalue weighted by molar-refractivity contribution is -0.133. The summed E-state index contributed by atoms with van der Waals surface area (Å²) in [6, 6.07) is 13.6. The number of hydrogen-bond donors (Lipinski definition) is 0. The molecule has 1 aliphatic heterocycles. The monoisotopic (exact) mass is 322 g/mol. The molecule has 1 aromatic heterocycles. The van der Waals surface area contributed by atoms with E-state index in [2.05, 4.69) is 9.88 Å². The Morgan fingerprint density at radius 2 is 1.83 bits per heavy atom. The molecular weight excluding hydrogens is 300 g/mol. The standard InChI is InChI=1S/C20H22N2O2/c23-20(22-11-5-2-6-12-22)18-13-17(18)15-9-10-19(21-14-15)24-16-7-3-1-4-8-16/h1,3-4,7-10,14,17-18H,2,5-6,11-13H2. The number of benzene rings is 1. The molecule has 2 aliphatic rings. The first-order valence-electron chi connectivity index (χ1n) is 8.79. The maximum absolute atomic E-state index is 12.5. The second-order valence-corrected chi connectivity index (χ2v) is 6.68. The van der Waals surface area contributed by atoms with Crippen molar-refractivity contribution >= 4 is 5.91 Å². The van der Waals surface area contributed by atoms with E-state index in [1.807, 2.05) is 48.7 Å². The van der Waals surface area contributed by atoms with E-state index < -0.39 is 0 Å². The molecule has 4 nitrogen and oxygen atoms in total. The summed E-state index contributed by atoms with van der Waals surface area (Å²) in [5, 5.41) is 0. The maximum atomic E-state index is 12.5. The highest BCUT2D eigenvalue weighted by atomic mass is 16.5. The number of ether oxygens (including phenoxy) is 1. The van der Waals surface area contributed by atoms with Gasteiger partial charge in [-0.2, -0.15) is 0 Å². The summed E-state index contributed by atoms with van der Waals surface area (Å²) in [7, 11) is 0.